The second kappa shape index (κ2) is 6.76. The molecule has 2 aromatic rings. The molecule has 1 aromatic heterocycles. The van der Waals surface area contributed by atoms with Crippen LogP contribution in [0.3, 0.4) is 0 Å². The molecule has 23 heavy (non-hydrogen) atoms. The first kappa shape index (κ1) is 16.9. The maximum absolute atomic E-state index is 13.8. The first-order chi connectivity index (χ1) is 10.8. The fourth-order valence-corrected chi connectivity index (χ4v) is 2.24. The molecule has 0 saturated heterocycles. The zero-order valence-corrected chi connectivity index (χ0v) is 12.7. The fraction of sp³-hybridized carbons (Fsp3) is 0.200. The molecule has 1 aromatic carbocycles. The van der Waals surface area contributed by atoms with Gasteiger partial charge in [0.05, 0.1) is 5.56 Å². The van der Waals surface area contributed by atoms with Gasteiger partial charge in [-0.15, -0.1) is 0 Å². The van der Waals surface area contributed by atoms with Gasteiger partial charge in [0.1, 0.15) is 5.82 Å². The van der Waals surface area contributed by atoms with Crippen molar-refractivity contribution in [3.8, 4) is 0 Å². The van der Waals surface area contributed by atoms with E-state index in [0.717, 1.165) is 17.7 Å². The number of nitrogens with one attached hydrogen (secondary N) is 2. The van der Waals surface area contributed by atoms with Crippen molar-refractivity contribution >= 4 is 18.5 Å². The van der Waals surface area contributed by atoms with Crippen LogP contribution in [0.15, 0.2) is 29.1 Å². The van der Waals surface area contributed by atoms with Gasteiger partial charge in [0, 0.05) is 17.8 Å². The Kier molecular flexibility index (Phi) is 4.97. The lowest BCUT2D eigenvalue weighted by molar-refractivity contribution is 0.0946. The summed E-state index contributed by atoms with van der Waals surface area (Å²) in [4.78, 5) is 26.5. The van der Waals surface area contributed by atoms with E-state index in [2.05, 4.69) is 10.3 Å². The van der Waals surface area contributed by atoms with E-state index in [0.29, 0.717) is 11.3 Å². The van der Waals surface area contributed by atoms with Gasteiger partial charge in [-0.2, -0.15) is 0 Å². The van der Waals surface area contributed by atoms with Crippen LogP contribution in [0.1, 0.15) is 27.2 Å². The lowest BCUT2D eigenvalue weighted by atomic mass is 9.80. The van der Waals surface area contributed by atoms with Crippen LogP contribution in [0.2, 0.25) is 0 Å². The molecule has 0 spiro atoms. The summed E-state index contributed by atoms with van der Waals surface area (Å²) >= 11 is 0. The highest BCUT2D eigenvalue weighted by molar-refractivity contribution is 6.58. The number of aromatic nitrogens is 1. The Bertz CT molecular complexity index is 805. The molecule has 120 valence electrons. The SMILES string of the molecule is Cc1cc(C)c(CNC(=O)c2ccc(B(O)O)cc2F)c(=O)[nH]1. The number of carbonyl (C=O) groups is 1. The standard InChI is InChI=1S/C15H16BFN2O4/c1-8-5-9(2)19-15(21)12(8)7-18-14(20)11-4-3-10(16(22)23)6-13(11)17/h3-6,22-23H,7H2,1-2H3,(H,18,20)(H,19,21). The minimum Gasteiger partial charge on any atom is -0.423 e. The molecular formula is C15H16BFN2O4. The Balaban J connectivity index is 2.16. The number of benzene rings is 1. The van der Waals surface area contributed by atoms with Crippen molar-refractivity contribution in [3.05, 3.63) is 62.8 Å². The number of rotatable bonds is 4. The van der Waals surface area contributed by atoms with Crippen molar-refractivity contribution in [1.82, 2.24) is 10.3 Å². The van der Waals surface area contributed by atoms with Gasteiger partial charge in [-0.1, -0.05) is 6.07 Å². The highest BCUT2D eigenvalue weighted by Gasteiger charge is 2.17. The average Bonchev–Trinajstić information content (AvgIpc) is 2.45. The first-order valence-corrected chi connectivity index (χ1v) is 6.92. The maximum atomic E-state index is 13.8. The van der Waals surface area contributed by atoms with Crippen molar-refractivity contribution in [1.29, 1.82) is 0 Å². The largest absolute Gasteiger partial charge is 0.488 e. The molecule has 0 fully saturated rings. The quantitative estimate of drug-likeness (QED) is 0.583. The zero-order chi connectivity index (χ0) is 17.1. The Labute approximate surface area is 132 Å². The van der Waals surface area contributed by atoms with Crippen molar-refractivity contribution in [3.63, 3.8) is 0 Å². The highest BCUT2D eigenvalue weighted by atomic mass is 19.1. The van der Waals surface area contributed by atoms with Crippen molar-refractivity contribution < 1.29 is 19.2 Å². The third kappa shape index (κ3) is 3.85. The molecule has 1 heterocycles. The van der Waals surface area contributed by atoms with Gasteiger partial charge in [-0.05, 0) is 43.1 Å². The lowest BCUT2D eigenvalue weighted by Crippen LogP contribution is -2.32. The summed E-state index contributed by atoms with van der Waals surface area (Å²) in [7, 11) is -1.81. The molecule has 0 aliphatic heterocycles. The van der Waals surface area contributed by atoms with Crippen LogP contribution in [-0.4, -0.2) is 28.1 Å². The van der Waals surface area contributed by atoms with Gasteiger partial charge in [0.2, 0.25) is 0 Å². The number of aryl methyl sites for hydroxylation is 2. The maximum Gasteiger partial charge on any atom is 0.488 e. The van der Waals surface area contributed by atoms with E-state index in [1.54, 1.807) is 19.9 Å². The topological polar surface area (TPSA) is 102 Å². The van der Waals surface area contributed by atoms with Crippen LogP contribution >= 0.6 is 0 Å². The number of aromatic amines is 1. The van der Waals surface area contributed by atoms with Crippen molar-refractivity contribution in [2.45, 2.75) is 20.4 Å². The van der Waals surface area contributed by atoms with E-state index in [1.165, 1.54) is 6.07 Å². The molecule has 8 heteroatoms. The van der Waals surface area contributed by atoms with Crippen molar-refractivity contribution in [2.24, 2.45) is 0 Å². The minimum atomic E-state index is -1.81. The van der Waals surface area contributed by atoms with Crippen LogP contribution in [0.4, 0.5) is 4.39 Å². The predicted molar refractivity (Wildman–Crippen MR) is 83.9 cm³/mol. The Morgan fingerprint density at radius 2 is 2.00 bits per heavy atom. The zero-order valence-electron chi connectivity index (χ0n) is 12.7. The fourth-order valence-electron chi connectivity index (χ4n) is 2.24. The van der Waals surface area contributed by atoms with Gasteiger partial charge in [0.15, 0.2) is 0 Å². The minimum absolute atomic E-state index is 0.0376. The molecule has 0 unspecified atom stereocenters. The number of halogens is 1. The van der Waals surface area contributed by atoms with E-state index in [9.17, 15) is 14.0 Å². The third-order valence-electron chi connectivity index (χ3n) is 3.46. The molecule has 0 aliphatic carbocycles. The van der Waals surface area contributed by atoms with E-state index in [4.69, 9.17) is 10.0 Å². The van der Waals surface area contributed by atoms with Gasteiger partial charge >= 0.3 is 7.12 Å². The van der Waals surface area contributed by atoms with Crippen molar-refractivity contribution in [2.75, 3.05) is 0 Å². The predicted octanol–water partition coefficient (Wildman–Crippen LogP) is -0.259. The molecule has 0 aliphatic rings. The molecule has 1 amide bonds. The molecule has 0 radical (unpaired) electrons. The second-order valence-corrected chi connectivity index (χ2v) is 5.24. The molecule has 0 saturated carbocycles. The molecule has 2 rings (SSSR count). The Morgan fingerprint density at radius 1 is 1.30 bits per heavy atom. The normalized spacial score (nSPS) is 10.5. The molecule has 0 bridgehead atoms. The Hall–Kier alpha value is -2.45. The summed E-state index contributed by atoms with van der Waals surface area (Å²) in [5.41, 5.74) is 1.24. The molecule has 4 N–H and O–H groups in total. The van der Waals surface area contributed by atoms with Crippen LogP contribution in [0, 0.1) is 19.7 Å². The summed E-state index contributed by atoms with van der Waals surface area (Å²) in [6.07, 6.45) is 0. The van der Waals surface area contributed by atoms with E-state index >= 15 is 0 Å². The van der Waals surface area contributed by atoms with Crippen LogP contribution in [0.5, 0.6) is 0 Å². The molecule has 6 nitrogen and oxygen atoms in total. The average molecular weight is 318 g/mol. The van der Waals surface area contributed by atoms with Gasteiger partial charge in [-0.25, -0.2) is 4.39 Å². The summed E-state index contributed by atoms with van der Waals surface area (Å²) in [6.45, 7) is 3.47. The first-order valence-electron chi connectivity index (χ1n) is 6.92. The van der Waals surface area contributed by atoms with Gasteiger partial charge in [-0.3, -0.25) is 9.59 Å². The lowest BCUT2D eigenvalue weighted by Gasteiger charge is -2.09. The Morgan fingerprint density at radius 3 is 2.57 bits per heavy atom. The number of carbonyl (C=O) groups excluding carboxylic acids is 1. The summed E-state index contributed by atoms with van der Waals surface area (Å²) in [6, 6.07) is 5.06. The number of hydrogen-bond acceptors (Lipinski definition) is 4. The van der Waals surface area contributed by atoms with E-state index in [-0.39, 0.29) is 23.1 Å². The van der Waals surface area contributed by atoms with E-state index in [1.807, 2.05) is 0 Å². The smallest absolute Gasteiger partial charge is 0.423 e. The number of hydrogen-bond donors (Lipinski definition) is 4. The summed E-state index contributed by atoms with van der Waals surface area (Å²) in [5.74, 6) is -1.57. The number of amides is 1. The second-order valence-electron chi connectivity index (χ2n) is 5.24. The van der Waals surface area contributed by atoms with Gasteiger partial charge < -0.3 is 20.3 Å². The highest BCUT2D eigenvalue weighted by Crippen LogP contribution is 2.07. The molecule has 0 atom stereocenters. The van der Waals surface area contributed by atoms with Crippen LogP contribution in [-0.2, 0) is 6.54 Å². The van der Waals surface area contributed by atoms with Crippen LogP contribution < -0.4 is 16.3 Å². The number of H-pyrrole nitrogens is 1. The van der Waals surface area contributed by atoms with Gasteiger partial charge in [0.25, 0.3) is 11.5 Å². The third-order valence-corrected chi connectivity index (χ3v) is 3.46. The number of pyridine rings is 1. The summed E-state index contributed by atoms with van der Waals surface area (Å²) in [5, 5.41) is 20.4. The summed E-state index contributed by atoms with van der Waals surface area (Å²) < 4.78 is 13.8. The molecular weight excluding hydrogens is 302 g/mol. The monoisotopic (exact) mass is 318 g/mol. The van der Waals surface area contributed by atoms with E-state index < -0.39 is 18.8 Å². The van der Waals surface area contributed by atoms with Crippen LogP contribution in [0.25, 0.3) is 0 Å².